The Hall–Kier alpha value is -3.14. The minimum Gasteiger partial charge on any atom is -0.364 e. The number of aromatic nitrogens is 1. The third-order valence-corrected chi connectivity index (χ3v) is 4.84. The lowest BCUT2D eigenvalue weighted by Crippen LogP contribution is -2.37. The average molecular weight is 344 g/mol. The maximum Gasteiger partial charge on any atom is 0.256 e. The van der Waals surface area contributed by atoms with E-state index in [-0.39, 0.29) is 11.7 Å². The second kappa shape index (κ2) is 6.64. The minimum absolute atomic E-state index is 0.0765. The lowest BCUT2D eigenvalue weighted by molar-refractivity contribution is 0.0722. The first-order chi connectivity index (χ1) is 12.6. The van der Waals surface area contributed by atoms with Crippen molar-refractivity contribution in [3.8, 4) is 0 Å². The van der Waals surface area contributed by atoms with Gasteiger partial charge < -0.3 is 9.88 Å². The molecule has 4 heteroatoms. The van der Waals surface area contributed by atoms with Crippen LogP contribution in [0.1, 0.15) is 43.1 Å². The molecule has 0 bridgehead atoms. The number of nitrogens with zero attached hydrogens (tertiary/aromatic N) is 1. The van der Waals surface area contributed by atoms with Crippen LogP contribution in [0.15, 0.2) is 60.8 Å². The molecule has 0 saturated carbocycles. The predicted octanol–water partition coefficient (Wildman–Crippen LogP) is 3.75. The number of amides is 1. The number of rotatable bonds is 4. The Kier molecular flexibility index (Phi) is 4.17. The molecule has 1 aromatic heterocycles. The molecule has 0 saturated heterocycles. The molecule has 0 spiro atoms. The molecule has 3 aromatic rings. The van der Waals surface area contributed by atoms with E-state index in [0.717, 1.165) is 23.2 Å². The summed E-state index contributed by atoms with van der Waals surface area (Å²) in [7, 11) is 0. The highest BCUT2D eigenvalue weighted by Gasteiger charge is 2.31. The summed E-state index contributed by atoms with van der Waals surface area (Å²) < 4.78 is 0. The summed E-state index contributed by atoms with van der Waals surface area (Å²) in [4.78, 5) is 31.0. The monoisotopic (exact) mass is 344 g/mol. The van der Waals surface area contributed by atoms with Gasteiger partial charge in [-0.15, -0.1) is 0 Å². The van der Waals surface area contributed by atoms with Crippen LogP contribution >= 0.6 is 0 Å². The average Bonchev–Trinajstić information content (AvgIpc) is 3.09. The van der Waals surface area contributed by atoms with E-state index in [1.54, 1.807) is 12.3 Å². The van der Waals surface area contributed by atoms with Crippen molar-refractivity contribution in [2.45, 2.75) is 19.9 Å². The van der Waals surface area contributed by atoms with E-state index in [2.05, 4.69) is 4.98 Å². The molecule has 1 aliphatic rings. The largest absolute Gasteiger partial charge is 0.364 e. The van der Waals surface area contributed by atoms with Gasteiger partial charge in [0, 0.05) is 37.0 Å². The van der Waals surface area contributed by atoms with Crippen LogP contribution in [0.4, 0.5) is 0 Å². The molecule has 2 aromatic carbocycles. The Bertz CT molecular complexity index is 973. The molecule has 26 heavy (non-hydrogen) atoms. The second-order valence-electron chi connectivity index (χ2n) is 6.72. The van der Waals surface area contributed by atoms with Gasteiger partial charge in [0.25, 0.3) is 5.91 Å². The third kappa shape index (κ3) is 2.94. The van der Waals surface area contributed by atoms with E-state index >= 15 is 0 Å². The molecular weight excluding hydrogens is 324 g/mol. The highest BCUT2D eigenvalue weighted by atomic mass is 16.2. The van der Waals surface area contributed by atoms with E-state index in [4.69, 9.17) is 0 Å². The molecule has 130 valence electrons. The Morgan fingerprint density at radius 2 is 1.92 bits per heavy atom. The first-order valence-electron chi connectivity index (χ1n) is 8.78. The fourth-order valence-corrected chi connectivity index (χ4v) is 3.49. The zero-order valence-corrected chi connectivity index (χ0v) is 14.7. The maximum atomic E-state index is 13.1. The first-order valence-corrected chi connectivity index (χ1v) is 8.78. The van der Waals surface area contributed by atoms with Gasteiger partial charge in [-0.2, -0.15) is 0 Å². The number of H-pyrrole nitrogens is 1. The van der Waals surface area contributed by atoms with E-state index in [1.165, 1.54) is 0 Å². The van der Waals surface area contributed by atoms with Gasteiger partial charge >= 0.3 is 0 Å². The van der Waals surface area contributed by atoms with Crippen molar-refractivity contribution in [1.29, 1.82) is 0 Å². The number of hydrogen-bond donors (Lipinski definition) is 1. The van der Waals surface area contributed by atoms with Crippen molar-refractivity contribution in [2.24, 2.45) is 0 Å². The van der Waals surface area contributed by atoms with Gasteiger partial charge in [0.05, 0.1) is 11.1 Å². The molecule has 0 fully saturated rings. The van der Waals surface area contributed by atoms with Crippen molar-refractivity contribution in [2.75, 3.05) is 6.54 Å². The molecule has 0 atom stereocenters. The van der Waals surface area contributed by atoms with Crippen LogP contribution in [-0.4, -0.2) is 28.1 Å². The fourth-order valence-electron chi connectivity index (χ4n) is 3.49. The molecule has 0 aliphatic carbocycles. The van der Waals surface area contributed by atoms with Crippen LogP contribution in [-0.2, 0) is 13.0 Å². The zero-order chi connectivity index (χ0) is 18.1. The first kappa shape index (κ1) is 16.3. The van der Waals surface area contributed by atoms with Gasteiger partial charge in [0.1, 0.15) is 0 Å². The summed E-state index contributed by atoms with van der Waals surface area (Å²) in [5, 5.41) is 0. The van der Waals surface area contributed by atoms with Crippen LogP contribution in [0, 0.1) is 6.92 Å². The van der Waals surface area contributed by atoms with Crippen LogP contribution in [0.5, 0.6) is 0 Å². The van der Waals surface area contributed by atoms with Gasteiger partial charge in [-0.05, 0) is 18.6 Å². The molecule has 1 aliphatic heterocycles. The molecule has 2 heterocycles. The lowest BCUT2D eigenvalue weighted by atomic mass is 9.96. The number of ketones is 1. The van der Waals surface area contributed by atoms with Gasteiger partial charge in [0.15, 0.2) is 5.78 Å². The van der Waals surface area contributed by atoms with Crippen molar-refractivity contribution in [3.05, 3.63) is 94.3 Å². The highest BCUT2D eigenvalue weighted by Crippen LogP contribution is 2.25. The molecule has 0 unspecified atom stereocenters. The normalized spacial score (nSPS) is 13.6. The predicted molar refractivity (Wildman–Crippen MR) is 100 cm³/mol. The standard InChI is InChI=1S/C22H20N2O2/c1-15-6-5-9-17(12-15)21(25)18-13-23-19-10-11-24(22(26)20(18)19)14-16-7-3-2-4-8-16/h2-9,12-13,23H,10-11,14H2,1H3. The Balaban J connectivity index is 1.65. The van der Waals surface area contributed by atoms with E-state index in [9.17, 15) is 9.59 Å². The van der Waals surface area contributed by atoms with Crippen molar-refractivity contribution < 1.29 is 9.59 Å². The van der Waals surface area contributed by atoms with E-state index in [1.807, 2.05) is 60.4 Å². The van der Waals surface area contributed by atoms with Gasteiger partial charge in [0.2, 0.25) is 0 Å². The quantitative estimate of drug-likeness (QED) is 0.733. The molecule has 1 amide bonds. The summed E-state index contributed by atoms with van der Waals surface area (Å²) in [6.45, 7) is 3.16. The number of carbonyl (C=O) groups excluding carboxylic acids is 2. The topological polar surface area (TPSA) is 53.2 Å². The molecule has 4 rings (SSSR count). The Morgan fingerprint density at radius 1 is 1.12 bits per heavy atom. The SMILES string of the molecule is Cc1cccc(C(=O)c2c[nH]c3c2C(=O)N(Cc2ccccc2)CC3)c1. The van der Waals surface area contributed by atoms with Gasteiger partial charge in [-0.3, -0.25) is 9.59 Å². The number of aryl methyl sites for hydroxylation is 1. The Morgan fingerprint density at radius 3 is 2.69 bits per heavy atom. The van der Waals surface area contributed by atoms with E-state index in [0.29, 0.717) is 29.8 Å². The summed E-state index contributed by atoms with van der Waals surface area (Å²) in [5.41, 5.74) is 4.57. The van der Waals surface area contributed by atoms with Gasteiger partial charge in [-0.1, -0.05) is 54.1 Å². The summed E-state index contributed by atoms with van der Waals surface area (Å²) in [6.07, 6.45) is 2.41. The minimum atomic E-state index is -0.110. The van der Waals surface area contributed by atoms with Crippen molar-refractivity contribution >= 4 is 11.7 Å². The summed E-state index contributed by atoms with van der Waals surface area (Å²) >= 11 is 0. The smallest absolute Gasteiger partial charge is 0.256 e. The number of nitrogens with one attached hydrogen (secondary N) is 1. The Labute approximate surface area is 152 Å². The van der Waals surface area contributed by atoms with Crippen molar-refractivity contribution in [1.82, 2.24) is 9.88 Å². The second-order valence-corrected chi connectivity index (χ2v) is 6.72. The highest BCUT2D eigenvalue weighted by molar-refractivity contribution is 6.16. The lowest BCUT2D eigenvalue weighted by Gasteiger charge is -2.27. The van der Waals surface area contributed by atoms with Crippen LogP contribution < -0.4 is 0 Å². The molecular formula is C22H20N2O2. The number of benzene rings is 2. The van der Waals surface area contributed by atoms with Crippen LogP contribution in [0.25, 0.3) is 0 Å². The van der Waals surface area contributed by atoms with Crippen LogP contribution in [0.3, 0.4) is 0 Å². The number of fused-ring (bicyclic) bond motifs is 1. The molecule has 1 N–H and O–H groups in total. The number of carbonyl (C=O) groups is 2. The molecule has 0 radical (unpaired) electrons. The molecule has 4 nitrogen and oxygen atoms in total. The van der Waals surface area contributed by atoms with Gasteiger partial charge in [-0.25, -0.2) is 0 Å². The fraction of sp³-hybridized carbons (Fsp3) is 0.182. The summed E-state index contributed by atoms with van der Waals surface area (Å²) in [6, 6.07) is 17.4. The third-order valence-electron chi connectivity index (χ3n) is 4.84. The number of aromatic amines is 1. The maximum absolute atomic E-state index is 13.1. The van der Waals surface area contributed by atoms with Crippen molar-refractivity contribution in [3.63, 3.8) is 0 Å². The summed E-state index contributed by atoms with van der Waals surface area (Å²) in [5.74, 6) is -0.187. The number of hydrogen-bond acceptors (Lipinski definition) is 2. The zero-order valence-electron chi connectivity index (χ0n) is 14.7. The van der Waals surface area contributed by atoms with Crippen LogP contribution in [0.2, 0.25) is 0 Å². The van der Waals surface area contributed by atoms with E-state index < -0.39 is 0 Å².